The molecule has 5 aliphatic carbocycles. The van der Waals surface area contributed by atoms with E-state index in [9.17, 15) is 0 Å². The van der Waals surface area contributed by atoms with Crippen molar-refractivity contribution in [2.75, 3.05) is 0 Å². The van der Waals surface area contributed by atoms with Gasteiger partial charge in [-0.25, -0.2) is 0 Å². The van der Waals surface area contributed by atoms with Gasteiger partial charge >= 0.3 is 0 Å². The zero-order valence-electron chi connectivity index (χ0n) is 18.1. The summed E-state index contributed by atoms with van der Waals surface area (Å²) < 4.78 is 0. The Morgan fingerprint density at radius 2 is 1.69 bits per heavy atom. The summed E-state index contributed by atoms with van der Waals surface area (Å²) in [6.07, 6.45) is 15.2. The summed E-state index contributed by atoms with van der Waals surface area (Å²) in [5.41, 5.74) is 3.88. The highest BCUT2D eigenvalue weighted by Gasteiger charge is 2.48. The van der Waals surface area contributed by atoms with E-state index in [0.29, 0.717) is 6.04 Å². The van der Waals surface area contributed by atoms with E-state index in [1.165, 1.54) is 75.3 Å². The lowest BCUT2D eigenvalue weighted by molar-refractivity contribution is -0.00275. The Kier molecular flexibility index (Phi) is 5.71. The molecule has 0 aromatic heterocycles. The number of rotatable bonds is 6. The number of allylic oxidation sites excluding steroid dienone is 1. The first-order chi connectivity index (χ1) is 14.1. The van der Waals surface area contributed by atoms with Crippen LogP contribution in [0.3, 0.4) is 0 Å². The standard InChI is InChI=1S/C27H38ClN/c1-17(29-18(2)22-6-4-3-5-7-22)10-19-8-9-25(26(28)16-19)27-23-12-20-11-21(14-23)15-24(27)13-20/h8-9,16,18,20-24,27,29H,1,3-7,10-15H2,2H3. The van der Waals surface area contributed by atoms with Crippen molar-refractivity contribution in [2.45, 2.75) is 89.5 Å². The third kappa shape index (κ3) is 4.14. The van der Waals surface area contributed by atoms with Gasteiger partial charge in [0, 0.05) is 23.2 Å². The number of benzene rings is 1. The molecule has 1 nitrogen and oxygen atoms in total. The van der Waals surface area contributed by atoms with E-state index in [1.54, 1.807) is 0 Å². The summed E-state index contributed by atoms with van der Waals surface area (Å²) in [6.45, 7) is 6.67. The van der Waals surface area contributed by atoms with E-state index >= 15 is 0 Å². The van der Waals surface area contributed by atoms with Gasteiger partial charge in [-0.2, -0.15) is 0 Å². The Balaban J connectivity index is 1.22. The molecule has 0 radical (unpaired) electrons. The average molecular weight is 412 g/mol. The molecule has 1 aromatic rings. The molecule has 1 aromatic carbocycles. The Labute approximate surface area is 182 Å². The van der Waals surface area contributed by atoms with Gasteiger partial charge in [-0.05, 0) is 105 Å². The van der Waals surface area contributed by atoms with Gasteiger partial charge in [0.15, 0.2) is 0 Å². The molecule has 158 valence electrons. The first-order valence-corrected chi connectivity index (χ1v) is 12.7. The maximum atomic E-state index is 6.88. The van der Waals surface area contributed by atoms with Crippen molar-refractivity contribution in [1.29, 1.82) is 0 Å². The van der Waals surface area contributed by atoms with E-state index < -0.39 is 0 Å². The summed E-state index contributed by atoms with van der Waals surface area (Å²) in [7, 11) is 0. The minimum Gasteiger partial charge on any atom is -0.386 e. The van der Waals surface area contributed by atoms with Gasteiger partial charge in [-0.3, -0.25) is 0 Å². The number of hydrogen-bond acceptors (Lipinski definition) is 1. The van der Waals surface area contributed by atoms with Crippen molar-refractivity contribution < 1.29 is 0 Å². The quantitative estimate of drug-likeness (QED) is 0.511. The zero-order chi connectivity index (χ0) is 20.0. The molecule has 5 fully saturated rings. The molecule has 0 amide bonds. The van der Waals surface area contributed by atoms with Crippen LogP contribution in [0.5, 0.6) is 0 Å². The van der Waals surface area contributed by atoms with Crippen LogP contribution in [0.1, 0.15) is 88.2 Å². The fourth-order valence-corrected chi connectivity index (χ4v) is 8.08. The van der Waals surface area contributed by atoms with Crippen LogP contribution in [0.25, 0.3) is 0 Å². The van der Waals surface area contributed by atoms with E-state index in [1.807, 2.05) is 0 Å². The van der Waals surface area contributed by atoms with E-state index in [-0.39, 0.29) is 0 Å². The maximum Gasteiger partial charge on any atom is 0.0443 e. The minimum absolute atomic E-state index is 0.533. The summed E-state index contributed by atoms with van der Waals surface area (Å²) in [5, 5.41) is 4.71. The number of halogens is 1. The van der Waals surface area contributed by atoms with Crippen molar-refractivity contribution in [3.8, 4) is 0 Å². The molecule has 1 N–H and O–H groups in total. The molecule has 0 aliphatic heterocycles. The highest BCUT2D eigenvalue weighted by molar-refractivity contribution is 6.31. The van der Waals surface area contributed by atoms with Gasteiger partial charge in [0.25, 0.3) is 0 Å². The Bertz CT molecular complexity index is 719. The molecule has 6 rings (SSSR count). The van der Waals surface area contributed by atoms with Crippen molar-refractivity contribution in [3.05, 3.63) is 46.6 Å². The summed E-state index contributed by atoms with van der Waals surface area (Å²) in [4.78, 5) is 0. The van der Waals surface area contributed by atoms with Crippen LogP contribution in [0.15, 0.2) is 30.5 Å². The fraction of sp³-hybridized carbons (Fsp3) is 0.704. The molecule has 5 aliphatic rings. The van der Waals surface area contributed by atoms with Crippen LogP contribution in [0.2, 0.25) is 5.02 Å². The van der Waals surface area contributed by atoms with E-state index in [0.717, 1.165) is 52.6 Å². The number of nitrogens with one attached hydrogen (secondary N) is 1. The molecule has 4 bridgehead atoms. The highest BCUT2D eigenvalue weighted by Crippen LogP contribution is 2.60. The SMILES string of the molecule is C=C(Cc1ccc(C2C3CC4CC(C3)CC2C4)c(Cl)c1)NC(C)C1CCCCC1. The molecular weight excluding hydrogens is 374 g/mol. The van der Waals surface area contributed by atoms with Crippen molar-refractivity contribution in [2.24, 2.45) is 29.6 Å². The maximum absolute atomic E-state index is 6.88. The monoisotopic (exact) mass is 411 g/mol. The van der Waals surface area contributed by atoms with E-state index in [2.05, 4.69) is 37.0 Å². The zero-order valence-corrected chi connectivity index (χ0v) is 18.9. The molecule has 0 spiro atoms. The minimum atomic E-state index is 0.533. The fourth-order valence-electron chi connectivity index (χ4n) is 7.76. The lowest BCUT2D eigenvalue weighted by Gasteiger charge is -2.54. The molecule has 5 saturated carbocycles. The van der Waals surface area contributed by atoms with Gasteiger partial charge in [-0.15, -0.1) is 0 Å². The molecular formula is C27H38ClN. The van der Waals surface area contributed by atoms with Crippen molar-refractivity contribution in [1.82, 2.24) is 5.32 Å². The Morgan fingerprint density at radius 3 is 2.31 bits per heavy atom. The summed E-state index contributed by atoms with van der Waals surface area (Å²) in [5.74, 6) is 5.35. The van der Waals surface area contributed by atoms with Crippen molar-refractivity contribution in [3.63, 3.8) is 0 Å². The topological polar surface area (TPSA) is 12.0 Å². The predicted octanol–water partition coefficient (Wildman–Crippen LogP) is 7.49. The van der Waals surface area contributed by atoms with Crippen LogP contribution in [-0.2, 0) is 6.42 Å². The molecule has 1 atom stereocenters. The smallest absolute Gasteiger partial charge is 0.0443 e. The normalized spacial score (nSPS) is 34.9. The molecule has 0 saturated heterocycles. The lowest BCUT2D eigenvalue weighted by Crippen LogP contribution is -2.43. The lowest BCUT2D eigenvalue weighted by atomic mass is 9.51. The highest BCUT2D eigenvalue weighted by atomic mass is 35.5. The van der Waals surface area contributed by atoms with E-state index in [4.69, 9.17) is 11.6 Å². The van der Waals surface area contributed by atoms with Crippen LogP contribution in [-0.4, -0.2) is 6.04 Å². The number of hydrogen-bond donors (Lipinski definition) is 1. The molecule has 0 heterocycles. The molecule has 29 heavy (non-hydrogen) atoms. The van der Waals surface area contributed by atoms with Crippen LogP contribution in [0, 0.1) is 29.6 Å². The molecule has 1 unspecified atom stereocenters. The summed E-state index contributed by atoms with van der Waals surface area (Å²) in [6, 6.07) is 7.46. The van der Waals surface area contributed by atoms with Crippen LogP contribution in [0.4, 0.5) is 0 Å². The van der Waals surface area contributed by atoms with Gasteiger partial charge in [-0.1, -0.05) is 49.6 Å². The van der Waals surface area contributed by atoms with Gasteiger partial charge in [0.05, 0.1) is 0 Å². The average Bonchev–Trinajstić information content (AvgIpc) is 2.69. The second-order valence-corrected chi connectivity index (χ2v) is 11.3. The molecule has 2 heteroatoms. The van der Waals surface area contributed by atoms with Crippen LogP contribution >= 0.6 is 11.6 Å². The first kappa shape index (κ1) is 20.0. The van der Waals surface area contributed by atoms with Gasteiger partial charge in [0.2, 0.25) is 0 Å². The Hall–Kier alpha value is -0.950. The second kappa shape index (κ2) is 8.29. The second-order valence-electron chi connectivity index (χ2n) is 10.9. The third-order valence-corrected chi connectivity index (χ3v) is 9.18. The Morgan fingerprint density at radius 1 is 1.03 bits per heavy atom. The van der Waals surface area contributed by atoms with Gasteiger partial charge in [0.1, 0.15) is 0 Å². The predicted molar refractivity (Wildman–Crippen MR) is 123 cm³/mol. The first-order valence-electron chi connectivity index (χ1n) is 12.3. The largest absolute Gasteiger partial charge is 0.386 e. The van der Waals surface area contributed by atoms with Crippen molar-refractivity contribution >= 4 is 11.6 Å². The third-order valence-electron chi connectivity index (χ3n) is 8.86. The summed E-state index contributed by atoms with van der Waals surface area (Å²) >= 11 is 6.88. The van der Waals surface area contributed by atoms with Gasteiger partial charge < -0.3 is 5.32 Å². The van der Waals surface area contributed by atoms with Crippen LogP contribution < -0.4 is 5.32 Å².